The monoisotopic (exact) mass is 456 g/mol. The average molecular weight is 457 g/mol. The summed E-state index contributed by atoms with van der Waals surface area (Å²) in [5.74, 6) is 1.24. The maximum absolute atomic E-state index is 13.3. The van der Waals surface area contributed by atoms with Gasteiger partial charge >= 0.3 is 0 Å². The van der Waals surface area contributed by atoms with Gasteiger partial charge in [0.25, 0.3) is 0 Å². The SMILES string of the molecule is CCn1cc(C(CC(=O)NC(C)c2ccccc2)c2cc(OC)cc(OC)c2)c2ccccc21. The van der Waals surface area contributed by atoms with Crippen molar-refractivity contribution in [3.63, 3.8) is 0 Å². The van der Waals surface area contributed by atoms with Crippen LogP contribution in [0.3, 0.4) is 0 Å². The van der Waals surface area contributed by atoms with Gasteiger partial charge in [0.15, 0.2) is 0 Å². The Kier molecular flexibility index (Phi) is 7.21. The van der Waals surface area contributed by atoms with Gasteiger partial charge < -0.3 is 19.4 Å². The lowest BCUT2D eigenvalue weighted by molar-refractivity contribution is -0.121. The number of nitrogens with one attached hydrogen (secondary N) is 1. The fourth-order valence-corrected chi connectivity index (χ4v) is 4.56. The van der Waals surface area contributed by atoms with Crippen molar-refractivity contribution in [1.29, 1.82) is 0 Å². The van der Waals surface area contributed by atoms with E-state index in [1.807, 2.05) is 61.5 Å². The Hall–Kier alpha value is -3.73. The van der Waals surface area contributed by atoms with E-state index in [9.17, 15) is 4.79 Å². The normalized spacial score (nSPS) is 12.8. The number of ether oxygens (including phenoxy) is 2. The number of benzene rings is 3. The number of rotatable bonds is 9. The second-order valence-corrected chi connectivity index (χ2v) is 8.49. The number of para-hydroxylation sites is 1. The van der Waals surface area contributed by atoms with Gasteiger partial charge in [-0.05, 0) is 48.7 Å². The van der Waals surface area contributed by atoms with Crippen LogP contribution in [0.25, 0.3) is 10.9 Å². The van der Waals surface area contributed by atoms with E-state index in [2.05, 4.69) is 41.2 Å². The van der Waals surface area contributed by atoms with E-state index in [1.165, 1.54) is 0 Å². The van der Waals surface area contributed by atoms with Gasteiger partial charge in [0.05, 0.1) is 20.3 Å². The summed E-state index contributed by atoms with van der Waals surface area (Å²) in [6.07, 6.45) is 2.49. The summed E-state index contributed by atoms with van der Waals surface area (Å²) < 4.78 is 13.3. The van der Waals surface area contributed by atoms with E-state index in [0.717, 1.165) is 34.1 Å². The van der Waals surface area contributed by atoms with Gasteiger partial charge in [0, 0.05) is 42.0 Å². The van der Waals surface area contributed by atoms with Gasteiger partial charge in [-0.1, -0.05) is 48.5 Å². The maximum atomic E-state index is 13.3. The summed E-state index contributed by atoms with van der Waals surface area (Å²) in [5.41, 5.74) is 4.35. The summed E-state index contributed by atoms with van der Waals surface area (Å²) in [5, 5.41) is 4.34. The third kappa shape index (κ3) is 4.93. The molecule has 34 heavy (non-hydrogen) atoms. The van der Waals surface area contributed by atoms with E-state index in [0.29, 0.717) is 17.9 Å². The Morgan fingerprint density at radius 1 is 0.912 bits per heavy atom. The molecule has 0 aliphatic rings. The van der Waals surface area contributed by atoms with E-state index in [1.54, 1.807) is 14.2 Å². The molecule has 0 spiro atoms. The van der Waals surface area contributed by atoms with Crippen LogP contribution in [0.4, 0.5) is 0 Å². The Bertz CT molecular complexity index is 1240. The number of fused-ring (bicyclic) bond motifs is 1. The predicted octanol–water partition coefficient (Wildman–Crippen LogP) is 6.08. The van der Waals surface area contributed by atoms with E-state index < -0.39 is 0 Å². The second kappa shape index (κ2) is 10.5. The van der Waals surface area contributed by atoms with Crippen LogP contribution < -0.4 is 14.8 Å². The number of aromatic nitrogens is 1. The molecule has 1 heterocycles. The lowest BCUT2D eigenvalue weighted by Crippen LogP contribution is -2.28. The summed E-state index contributed by atoms with van der Waals surface area (Å²) in [6.45, 7) is 5.00. The average Bonchev–Trinajstić information content (AvgIpc) is 3.26. The molecule has 0 fully saturated rings. The molecule has 4 aromatic rings. The van der Waals surface area contributed by atoms with Crippen LogP contribution in [0.5, 0.6) is 11.5 Å². The van der Waals surface area contributed by atoms with Crippen LogP contribution in [0.1, 0.15) is 48.9 Å². The van der Waals surface area contributed by atoms with Crippen molar-refractivity contribution in [3.8, 4) is 11.5 Å². The summed E-state index contributed by atoms with van der Waals surface area (Å²) in [6, 6.07) is 24.2. The molecule has 1 aromatic heterocycles. The number of hydrogen-bond donors (Lipinski definition) is 1. The predicted molar refractivity (Wildman–Crippen MR) is 137 cm³/mol. The highest BCUT2D eigenvalue weighted by atomic mass is 16.5. The first-order chi connectivity index (χ1) is 16.5. The molecular formula is C29H32N2O3. The van der Waals surface area contributed by atoms with Gasteiger partial charge in [0.1, 0.15) is 11.5 Å². The molecule has 0 radical (unpaired) electrons. The first-order valence-corrected chi connectivity index (χ1v) is 11.7. The molecule has 3 aromatic carbocycles. The van der Waals surface area contributed by atoms with Crippen molar-refractivity contribution in [2.75, 3.05) is 14.2 Å². The molecule has 5 heteroatoms. The maximum Gasteiger partial charge on any atom is 0.221 e. The standard InChI is InChI=1S/C29H32N2O3/c1-5-31-19-27(25-13-9-10-14-28(25)31)26(22-15-23(33-3)17-24(16-22)34-4)18-29(32)30-20(2)21-11-7-6-8-12-21/h6-17,19-20,26H,5,18H2,1-4H3,(H,30,32). The quantitative estimate of drug-likeness (QED) is 0.332. The van der Waals surface area contributed by atoms with Gasteiger partial charge in [-0.3, -0.25) is 4.79 Å². The largest absolute Gasteiger partial charge is 0.497 e. The lowest BCUT2D eigenvalue weighted by Gasteiger charge is -2.21. The first-order valence-electron chi connectivity index (χ1n) is 11.7. The summed E-state index contributed by atoms with van der Waals surface area (Å²) in [4.78, 5) is 13.3. The zero-order valence-corrected chi connectivity index (χ0v) is 20.2. The zero-order chi connectivity index (χ0) is 24.1. The van der Waals surface area contributed by atoms with Crippen LogP contribution in [0.2, 0.25) is 0 Å². The van der Waals surface area contributed by atoms with Crippen molar-refractivity contribution in [2.45, 2.75) is 38.8 Å². The molecule has 0 bridgehead atoms. The van der Waals surface area contributed by atoms with Crippen LogP contribution in [-0.2, 0) is 11.3 Å². The third-order valence-corrected chi connectivity index (χ3v) is 6.38. The van der Waals surface area contributed by atoms with Crippen molar-refractivity contribution in [1.82, 2.24) is 9.88 Å². The molecule has 176 valence electrons. The molecule has 0 aliphatic heterocycles. The third-order valence-electron chi connectivity index (χ3n) is 6.38. The zero-order valence-electron chi connectivity index (χ0n) is 20.2. The molecule has 0 aliphatic carbocycles. The van der Waals surface area contributed by atoms with Crippen molar-refractivity contribution in [3.05, 3.63) is 95.7 Å². The molecule has 2 atom stereocenters. The number of nitrogens with zero attached hydrogens (tertiary/aromatic N) is 1. The fraction of sp³-hybridized carbons (Fsp3) is 0.276. The van der Waals surface area contributed by atoms with Gasteiger partial charge in [0.2, 0.25) is 5.91 Å². The highest BCUT2D eigenvalue weighted by Gasteiger charge is 2.24. The highest BCUT2D eigenvalue weighted by Crippen LogP contribution is 2.38. The summed E-state index contributed by atoms with van der Waals surface area (Å²) in [7, 11) is 3.29. The van der Waals surface area contributed by atoms with Gasteiger partial charge in [-0.2, -0.15) is 0 Å². The molecule has 1 N–H and O–H groups in total. The minimum absolute atomic E-state index is 0.00327. The number of methoxy groups -OCH3 is 2. The number of amides is 1. The Morgan fingerprint density at radius 2 is 1.56 bits per heavy atom. The number of aryl methyl sites for hydroxylation is 1. The topological polar surface area (TPSA) is 52.5 Å². The van der Waals surface area contributed by atoms with Crippen LogP contribution in [-0.4, -0.2) is 24.7 Å². The lowest BCUT2D eigenvalue weighted by atomic mass is 9.87. The first kappa shape index (κ1) is 23.4. The van der Waals surface area contributed by atoms with E-state index in [-0.39, 0.29) is 17.9 Å². The molecule has 0 saturated carbocycles. The van der Waals surface area contributed by atoms with Gasteiger partial charge in [-0.25, -0.2) is 0 Å². The van der Waals surface area contributed by atoms with Crippen LogP contribution in [0, 0.1) is 0 Å². The van der Waals surface area contributed by atoms with Crippen molar-refractivity contribution in [2.24, 2.45) is 0 Å². The summed E-state index contributed by atoms with van der Waals surface area (Å²) >= 11 is 0. The number of carbonyl (C=O) groups is 1. The molecule has 1 amide bonds. The fourth-order valence-electron chi connectivity index (χ4n) is 4.56. The minimum atomic E-state index is -0.162. The Morgan fingerprint density at radius 3 is 2.21 bits per heavy atom. The van der Waals surface area contributed by atoms with E-state index >= 15 is 0 Å². The number of hydrogen-bond acceptors (Lipinski definition) is 3. The molecule has 0 saturated heterocycles. The smallest absolute Gasteiger partial charge is 0.221 e. The molecular weight excluding hydrogens is 424 g/mol. The van der Waals surface area contributed by atoms with Crippen LogP contribution >= 0.6 is 0 Å². The van der Waals surface area contributed by atoms with Gasteiger partial charge in [-0.15, -0.1) is 0 Å². The molecule has 4 rings (SSSR count). The molecule has 5 nitrogen and oxygen atoms in total. The Balaban J connectivity index is 1.75. The number of carbonyl (C=O) groups excluding carboxylic acids is 1. The van der Waals surface area contributed by atoms with Crippen molar-refractivity contribution >= 4 is 16.8 Å². The molecule has 2 unspecified atom stereocenters. The van der Waals surface area contributed by atoms with E-state index in [4.69, 9.17) is 9.47 Å². The van der Waals surface area contributed by atoms with Crippen LogP contribution in [0.15, 0.2) is 79.0 Å². The van der Waals surface area contributed by atoms with Crippen molar-refractivity contribution < 1.29 is 14.3 Å². The Labute approximate surface area is 201 Å². The second-order valence-electron chi connectivity index (χ2n) is 8.49. The minimum Gasteiger partial charge on any atom is -0.497 e. The highest BCUT2D eigenvalue weighted by molar-refractivity contribution is 5.87.